The van der Waals surface area contributed by atoms with Gasteiger partial charge in [0.15, 0.2) is 0 Å². The molecule has 0 bridgehead atoms. The molecule has 2 aromatic heterocycles. The first-order chi connectivity index (χ1) is 33.0. The van der Waals surface area contributed by atoms with Crippen LogP contribution in [0.2, 0.25) is 0 Å². The average Bonchev–Trinajstić information content (AvgIpc) is 3.99. The Bertz CT molecular complexity index is 3630. The fourth-order valence-corrected chi connectivity index (χ4v) is 10.5. The van der Waals surface area contributed by atoms with Crippen LogP contribution >= 0.6 is 0 Å². The number of aryl methyl sites for hydroxylation is 2. The Hall–Kier alpha value is -8.04. The minimum atomic E-state index is 0.431. The number of nitrogens with zero attached hydrogens (tertiary/aromatic N) is 4. The van der Waals surface area contributed by atoms with E-state index in [2.05, 4.69) is 252 Å². The van der Waals surface area contributed by atoms with E-state index in [0.717, 1.165) is 71.0 Å². The summed E-state index contributed by atoms with van der Waals surface area (Å²) >= 11 is 0. The fraction of sp³-hybridized carbons (Fsp3) is 0.127. The second kappa shape index (κ2) is 16.7. The third kappa shape index (κ3) is 7.18. The molecule has 3 aliphatic carbocycles. The summed E-state index contributed by atoms with van der Waals surface area (Å²) in [6.07, 6.45) is 22.4. The van der Waals surface area contributed by atoms with Gasteiger partial charge in [-0.3, -0.25) is 0 Å². The number of allylic oxidation sites excluding steroid dienone is 10. The topological polar surface area (TPSA) is 16.3 Å². The van der Waals surface area contributed by atoms with Gasteiger partial charge in [0.05, 0.1) is 27.8 Å². The summed E-state index contributed by atoms with van der Waals surface area (Å²) in [5, 5.41) is 5.03. The second-order valence-corrected chi connectivity index (χ2v) is 18.4. The zero-order valence-electron chi connectivity index (χ0n) is 38.3. The van der Waals surface area contributed by atoms with Crippen LogP contribution in [0.1, 0.15) is 49.3 Å². The molecule has 12 rings (SSSR count). The van der Waals surface area contributed by atoms with Crippen molar-refractivity contribution in [1.29, 1.82) is 0 Å². The van der Waals surface area contributed by atoms with Gasteiger partial charge in [-0.2, -0.15) is 0 Å². The molecule has 324 valence electrons. The van der Waals surface area contributed by atoms with E-state index in [0.29, 0.717) is 5.92 Å². The smallest absolute Gasteiger partial charge is 0.0897 e. The highest BCUT2D eigenvalue weighted by molar-refractivity contribution is 6.12. The average molecular weight is 865 g/mol. The Kier molecular flexibility index (Phi) is 10.1. The van der Waals surface area contributed by atoms with E-state index in [1.54, 1.807) is 0 Å². The molecule has 4 nitrogen and oxygen atoms in total. The van der Waals surface area contributed by atoms with Crippen LogP contribution in [0.5, 0.6) is 0 Å². The standard InChI is InChI=1S/C63H52N4/c1-43-22-29-49(30-23-43)64(53-36-38-62-57(41-53)55-17-9-12-20-60(55)66(62)48-15-6-4-5-7-16-48)51-33-26-46(27-34-51)47-28-35-52(40-47)65(50-31-24-44(2)25-32-50)54-37-39-63-58(42-54)56-18-10-13-21-61(56)67(63)59-19-11-8-14-45(59)3/h4,6,8-13,15,17-39,41-42,45H,5,7,14,16H2,1-3H3. The van der Waals surface area contributed by atoms with Crippen LogP contribution < -0.4 is 9.80 Å². The van der Waals surface area contributed by atoms with Crippen molar-refractivity contribution in [2.75, 3.05) is 9.80 Å². The first-order valence-electron chi connectivity index (χ1n) is 23.8. The van der Waals surface area contributed by atoms with E-state index >= 15 is 0 Å². The summed E-state index contributed by atoms with van der Waals surface area (Å²) in [5.41, 5.74) is 22.7. The number of fused-ring (bicyclic) bond motifs is 6. The van der Waals surface area contributed by atoms with Crippen LogP contribution in [0.15, 0.2) is 218 Å². The lowest BCUT2D eigenvalue weighted by atomic mass is 9.98. The van der Waals surface area contributed by atoms with Crippen molar-refractivity contribution >= 4 is 89.0 Å². The maximum absolute atomic E-state index is 3.86. The second-order valence-electron chi connectivity index (χ2n) is 18.4. The van der Waals surface area contributed by atoms with E-state index in [1.165, 1.54) is 66.1 Å². The van der Waals surface area contributed by atoms with Crippen molar-refractivity contribution < 1.29 is 0 Å². The Morgan fingerprint density at radius 3 is 1.70 bits per heavy atom. The van der Waals surface area contributed by atoms with Gasteiger partial charge >= 0.3 is 0 Å². The van der Waals surface area contributed by atoms with E-state index in [9.17, 15) is 0 Å². The molecule has 67 heavy (non-hydrogen) atoms. The lowest BCUT2D eigenvalue weighted by molar-refractivity contribution is 0.725. The van der Waals surface area contributed by atoms with Gasteiger partial charge in [-0.25, -0.2) is 0 Å². The van der Waals surface area contributed by atoms with Crippen LogP contribution in [-0.2, 0) is 0 Å². The molecule has 9 aromatic rings. The minimum Gasteiger partial charge on any atom is -0.313 e. The van der Waals surface area contributed by atoms with Gasteiger partial charge in [0.1, 0.15) is 0 Å². The first kappa shape index (κ1) is 40.5. The molecule has 0 saturated carbocycles. The number of benzene rings is 7. The molecule has 4 heteroatoms. The molecule has 0 radical (unpaired) electrons. The Balaban J connectivity index is 0.942. The molecular weight excluding hydrogens is 813 g/mol. The van der Waals surface area contributed by atoms with Crippen molar-refractivity contribution in [1.82, 2.24) is 9.13 Å². The highest BCUT2D eigenvalue weighted by atomic mass is 15.2. The van der Waals surface area contributed by atoms with Crippen molar-refractivity contribution in [2.45, 2.75) is 46.5 Å². The molecule has 1 atom stereocenters. The maximum Gasteiger partial charge on any atom is 0.0897 e. The van der Waals surface area contributed by atoms with E-state index in [-0.39, 0.29) is 0 Å². The van der Waals surface area contributed by atoms with Crippen LogP contribution in [0, 0.1) is 19.8 Å². The van der Waals surface area contributed by atoms with Gasteiger partial charge in [0.2, 0.25) is 0 Å². The van der Waals surface area contributed by atoms with Crippen LogP contribution in [-0.4, -0.2) is 9.13 Å². The van der Waals surface area contributed by atoms with Crippen molar-refractivity contribution in [3.05, 3.63) is 234 Å². The molecule has 0 spiro atoms. The molecule has 0 amide bonds. The Morgan fingerprint density at radius 1 is 0.507 bits per heavy atom. The lowest BCUT2D eigenvalue weighted by Crippen LogP contribution is -2.14. The number of hydrogen-bond acceptors (Lipinski definition) is 2. The zero-order valence-corrected chi connectivity index (χ0v) is 38.3. The number of hydrogen-bond donors (Lipinski definition) is 0. The van der Waals surface area contributed by atoms with E-state index in [4.69, 9.17) is 0 Å². The van der Waals surface area contributed by atoms with Crippen molar-refractivity contribution in [3.8, 4) is 0 Å². The highest BCUT2D eigenvalue weighted by Gasteiger charge is 2.23. The molecule has 3 aliphatic rings. The largest absolute Gasteiger partial charge is 0.313 e. The summed E-state index contributed by atoms with van der Waals surface area (Å²) in [4.78, 5) is 4.74. The van der Waals surface area contributed by atoms with Crippen LogP contribution in [0.3, 0.4) is 0 Å². The molecule has 0 N–H and O–H groups in total. The van der Waals surface area contributed by atoms with Gasteiger partial charge in [-0.1, -0.05) is 121 Å². The summed E-state index contributed by atoms with van der Waals surface area (Å²) in [7, 11) is 0. The SMILES string of the molecule is Cc1ccc(N(C2=C=C(c3ccc(N(c4ccc(C)cc4)c4ccc5c(c4)c4ccccc4n5C4=CC=CCCC4)cc3)C=C2)c2ccc3c(c2)c2ccccc2n3C2=CC=CCC2C)cc1. The molecule has 0 fully saturated rings. The van der Waals surface area contributed by atoms with Crippen molar-refractivity contribution in [2.24, 2.45) is 5.92 Å². The van der Waals surface area contributed by atoms with Crippen LogP contribution in [0.4, 0.5) is 28.4 Å². The number of para-hydroxylation sites is 2. The van der Waals surface area contributed by atoms with Gasteiger partial charge < -0.3 is 18.9 Å². The zero-order chi connectivity index (χ0) is 45.0. The molecule has 0 aliphatic heterocycles. The first-order valence-corrected chi connectivity index (χ1v) is 23.8. The summed E-state index contributed by atoms with van der Waals surface area (Å²) in [6.45, 7) is 6.62. The lowest BCUT2D eigenvalue weighted by Gasteiger charge is -2.26. The van der Waals surface area contributed by atoms with Crippen LogP contribution in [0.25, 0.3) is 60.6 Å². The summed E-state index contributed by atoms with van der Waals surface area (Å²) < 4.78 is 4.95. The van der Waals surface area contributed by atoms with Gasteiger partial charge in [-0.05, 0) is 154 Å². The quantitative estimate of drug-likeness (QED) is 0.134. The van der Waals surface area contributed by atoms with Gasteiger partial charge in [0.25, 0.3) is 0 Å². The third-order valence-corrected chi connectivity index (χ3v) is 13.9. The maximum atomic E-state index is 3.86. The molecule has 2 heterocycles. The number of rotatable bonds is 9. The molecular formula is C63H52N4. The normalized spacial score (nSPS) is 15.8. The predicted octanol–water partition coefficient (Wildman–Crippen LogP) is 17.3. The third-order valence-electron chi connectivity index (χ3n) is 13.9. The molecule has 0 saturated heterocycles. The Labute approximate surface area is 393 Å². The van der Waals surface area contributed by atoms with Gasteiger partial charge in [-0.15, -0.1) is 0 Å². The number of aromatic nitrogens is 2. The van der Waals surface area contributed by atoms with Crippen molar-refractivity contribution in [3.63, 3.8) is 0 Å². The molecule has 1 unspecified atom stereocenters. The summed E-state index contributed by atoms with van der Waals surface area (Å²) in [6, 6.07) is 58.3. The number of anilines is 5. The predicted molar refractivity (Wildman–Crippen MR) is 286 cm³/mol. The molecule has 7 aromatic carbocycles. The monoisotopic (exact) mass is 864 g/mol. The fourth-order valence-electron chi connectivity index (χ4n) is 10.5. The highest BCUT2D eigenvalue weighted by Crippen LogP contribution is 2.43. The van der Waals surface area contributed by atoms with Gasteiger partial charge in [0, 0.05) is 72.9 Å². The van der Waals surface area contributed by atoms with E-state index in [1.807, 2.05) is 0 Å². The minimum absolute atomic E-state index is 0.431. The Morgan fingerprint density at radius 2 is 1.04 bits per heavy atom. The summed E-state index contributed by atoms with van der Waals surface area (Å²) in [5.74, 6) is 0.431. The van der Waals surface area contributed by atoms with E-state index < -0.39 is 0 Å².